The normalized spacial score (nSPS) is 37.5. The van der Waals surface area contributed by atoms with Crippen LogP contribution in [0.1, 0.15) is 56.1 Å². The number of aliphatic hydroxyl groups is 1. The van der Waals surface area contributed by atoms with E-state index in [0.717, 1.165) is 38.5 Å². The van der Waals surface area contributed by atoms with Gasteiger partial charge in [0.15, 0.2) is 12.2 Å². The van der Waals surface area contributed by atoms with Crippen molar-refractivity contribution < 1.29 is 48.3 Å². The molecule has 12 heteroatoms. The van der Waals surface area contributed by atoms with Crippen LogP contribution in [0.25, 0.3) is 0 Å². The Balaban J connectivity index is 0.959. The molecular weight excluding hydrogens is 526 g/mol. The highest BCUT2D eigenvalue weighted by atomic mass is 17.0. The number of benzene rings is 1. The fourth-order valence-electron chi connectivity index (χ4n) is 7.91. The second-order valence-corrected chi connectivity index (χ2v) is 11.9. The van der Waals surface area contributed by atoms with E-state index in [1.165, 1.54) is 11.1 Å². The van der Waals surface area contributed by atoms with Crippen molar-refractivity contribution in [3.8, 4) is 5.75 Å². The summed E-state index contributed by atoms with van der Waals surface area (Å²) in [5, 5.41) is 20.3. The maximum atomic E-state index is 12.4. The van der Waals surface area contributed by atoms with E-state index < -0.39 is 54.7 Å². The van der Waals surface area contributed by atoms with Gasteiger partial charge in [0.1, 0.15) is 31.2 Å². The molecule has 0 radical (unpaired) electrons. The van der Waals surface area contributed by atoms with Crippen LogP contribution in [0.15, 0.2) is 18.2 Å². The number of aliphatic hydroxyl groups excluding tert-OH is 1. The second kappa shape index (κ2) is 10.9. The minimum absolute atomic E-state index is 0.0164. The molecule has 0 amide bonds. The van der Waals surface area contributed by atoms with E-state index in [4.69, 9.17) is 23.7 Å². The Morgan fingerprint density at radius 2 is 1.82 bits per heavy atom. The summed E-state index contributed by atoms with van der Waals surface area (Å²) in [6, 6.07) is 5.83. The molecule has 1 aromatic rings. The summed E-state index contributed by atoms with van der Waals surface area (Å²) < 4.78 is 26.9. The molecule has 0 spiro atoms. The van der Waals surface area contributed by atoms with Crippen LogP contribution in [0.5, 0.6) is 5.75 Å². The van der Waals surface area contributed by atoms with Gasteiger partial charge >= 0.3 is 11.9 Å². The topological polar surface area (TPSA) is 153 Å². The van der Waals surface area contributed by atoms with E-state index in [1.807, 2.05) is 12.1 Å². The number of aryl methyl sites for hydroxylation is 1. The van der Waals surface area contributed by atoms with Crippen molar-refractivity contribution in [2.45, 2.75) is 81.9 Å². The molecule has 4 fully saturated rings. The Bertz CT molecular complexity index is 1160. The van der Waals surface area contributed by atoms with Crippen LogP contribution in [0, 0.1) is 27.4 Å². The van der Waals surface area contributed by atoms with Crippen LogP contribution in [0.2, 0.25) is 0 Å². The number of carbonyl (C=O) groups is 2. The molecule has 0 aromatic heterocycles. The largest absolute Gasteiger partial charge is 0.455 e. The van der Waals surface area contributed by atoms with Crippen LogP contribution in [0.4, 0.5) is 0 Å². The summed E-state index contributed by atoms with van der Waals surface area (Å²) in [7, 11) is 0. The first kappa shape index (κ1) is 27.4. The molecule has 2 aliphatic heterocycles. The van der Waals surface area contributed by atoms with Crippen molar-refractivity contribution >= 4 is 11.9 Å². The van der Waals surface area contributed by atoms with Crippen molar-refractivity contribution in [2.24, 2.45) is 17.3 Å². The van der Waals surface area contributed by atoms with Gasteiger partial charge in [0.05, 0.1) is 19.3 Å². The standard InChI is InChI=1S/C28H35NO11/c1-28-9-8-18-17-5-3-16(10-15(17)2-4-19(18)20(28)6-7-23(28)30)38-24(31)13-35-14-25(32)39-21-11-36-27-22(40-29(33)34)12-37-26(21)27/h3,5,10,18-23,26-27,30H,2,4,6-9,11-14H2,1H3/t18-,19-,20+,21+,22-,23+,26-,27-,28+/m1/s1. The zero-order valence-electron chi connectivity index (χ0n) is 22.4. The van der Waals surface area contributed by atoms with Crippen molar-refractivity contribution in [1.82, 2.24) is 0 Å². The lowest BCUT2D eigenvalue weighted by Crippen LogP contribution is -2.43. The average Bonchev–Trinajstić information content (AvgIpc) is 3.58. The van der Waals surface area contributed by atoms with Crippen LogP contribution >= 0.6 is 0 Å². The highest BCUT2D eigenvalue weighted by Gasteiger charge is 2.54. The molecule has 9 atom stereocenters. The lowest BCUT2D eigenvalue weighted by atomic mass is 9.55. The molecule has 0 bridgehead atoms. The highest BCUT2D eigenvalue weighted by Crippen LogP contribution is 2.60. The molecular formula is C28H35NO11. The Morgan fingerprint density at radius 1 is 1.07 bits per heavy atom. The molecule has 1 N–H and O–H groups in total. The van der Waals surface area contributed by atoms with Crippen molar-refractivity contribution in [3.05, 3.63) is 39.4 Å². The van der Waals surface area contributed by atoms with E-state index in [-0.39, 0.29) is 24.7 Å². The minimum Gasteiger partial charge on any atom is -0.455 e. The number of nitrogens with zero attached hydrogens (tertiary/aromatic N) is 1. The summed E-state index contributed by atoms with van der Waals surface area (Å²) in [5.41, 5.74) is 2.57. The summed E-state index contributed by atoms with van der Waals surface area (Å²) in [6.45, 7) is 1.34. The third kappa shape index (κ3) is 5.06. The SMILES string of the molecule is C[C@]12CC[C@@H]3c4ccc(OC(=O)COCC(=O)O[C@H]5CO[C@H]6[C@@H]5OC[C@H]6O[N+](=O)[O-])cc4CC[C@H]3[C@@H]1CC[C@@H]2O. The molecule has 2 saturated carbocycles. The van der Waals surface area contributed by atoms with Gasteiger partial charge in [-0.05, 0) is 85.0 Å². The lowest BCUT2D eigenvalue weighted by molar-refractivity contribution is -0.769. The van der Waals surface area contributed by atoms with Gasteiger partial charge in [-0.1, -0.05) is 13.0 Å². The maximum absolute atomic E-state index is 12.4. The number of ether oxygens (including phenoxy) is 5. The fourth-order valence-corrected chi connectivity index (χ4v) is 7.91. The average molecular weight is 562 g/mol. The predicted molar refractivity (Wildman–Crippen MR) is 135 cm³/mol. The lowest BCUT2D eigenvalue weighted by Gasteiger charge is -2.50. The molecule has 6 rings (SSSR count). The zero-order valence-corrected chi connectivity index (χ0v) is 22.4. The number of esters is 2. The summed E-state index contributed by atoms with van der Waals surface area (Å²) in [6.07, 6.45) is 2.92. The molecule has 3 aliphatic carbocycles. The first-order valence-electron chi connectivity index (χ1n) is 14.1. The number of hydrogen-bond acceptors (Lipinski definition) is 11. The molecule has 1 aromatic carbocycles. The quantitative estimate of drug-likeness (QED) is 0.215. The first-order valence-corrected chi connectivity index (χ1v) is 14.1. The van der Waals surface area contributed by atoms with Crippen LogP contribution in [-0.4, -0.2) is 79.1 Å². The van der Waals surface area contributed by atoms with Crippen LogP contribution in [0.3, 0.4) is 0 Å². The Kier molecular flexibility index (Phi) is 7.45. The number of hydrogen-bond donors (Lipinski definition) is 1. The molecule has 40 heavy (non-hydrogen) atoms. The van der Waals surface area contributed by atoms with Crippen LogP contribution < -0.4 is 4.74 Å². The third-order valence-electron chi connectivity index (χ3n) is 9.79. The second-order valence-electron chi connectivity index (χ2n) is 11.9. The van der Waals surface area contributed by atoms with Crippen molar-refractivity contribution in [1.29, 1.82) is 0 Å². The van der Waals surface area contributed by atoms with Gasteiger partial charge in [0, 0.05) is 0 Å². The van der Waals surface area contributed by atoms with Gasteiger partial charge in [-0.15, -0.1) is 10.1 Å². The Labute approximate surface area is 231 Å². The van der Waals surface area contributed by atoms with E-state index >= 15 is 0 Å². The molecule has 218 valence electrons. The van der Waals surface area contributed by atoms with E-state index in [9.17, 15) is 24.8 Å². The smallest absolute Gasteiger partial charge is 0.337 e. The third-order valence-corrected chi connectivity index (χ3v) is 9.79. The molecule has 12 nitrogen and oxygen atoms in total. The maximum Gasteiger partial charge on any atom is 0.337 e. The van der Waals surface area contributed by atoms with E-state index in [0.29, 0.717) is 23.5 Å². The van der Waals surface area contributed by atoms with Crippen molar-refractivity contribution in [3.63, 3.8) is 0 Å². The van der Waals surface area contributed by atoms with Gasteiger partial charge in [-0.25, -0.2) is 9.59 Å². The number of rotatable bonds is 8. The summed E-state index contributed by atoms with van der Waals surface area (Å²) >= 11 is 0. The van der Waals surface area contributed by atoms with E-state index in [1.54, 1.807) is 0 Å². The summed E-state index contributed by atoms with van der Waals surface area (Å²) in [5.74, 6) is 0.729. The monoisotopic (exact) mass is 561 g/mol. The Hall–Kier alpha value is -2.80. The molecule has 5 aliphatic rings. The molecule has 0 unspecified atom stereocenters. The number of carbonyl (C=O) groups excluding carboxylic acids is 2. The van der Waals surface area contributed by atoms with Gasteiger partial charge in [-0.2, -0.15) is 0 Å². The first-order chi connectivity index (χ1) is 19.2. The molecule has 2 heterocycles. The van der Waals surface area contributed by atoms with Gasteiger partial charge in [-0.3, -0.25) is 0 Å². The highest BCUT2D eigenvalue weighted by molar-refractivity contribution is 5.75. The van der Waals surface area contributed by atoms with Crippen molar-refractivity contribution in [2.75, 3.05) is 26.4 Å². The van der Waals surface area contributed by atoms with Gasteiger partial charge in [0.2, 0.25) is 0 Å². The van der Waals surface area contributed by atoms with Gasteiger partial charge in [0.25, 0.3) is 5.09 Å². The minimum atomic E-state index is -0.904. The fraction of sp³-hybridized carbons (Fsp3) is 0.714. The molecule has 2 saturated heterocycles. The predicted octanol–water partition coefficient (Wildman–Crippen LogP) is 2.11. The van der Waals surface area contributed by atoms with E-state index in [2.05, 4.69) is 17.8 Å². The van der Waals surface area contributed by atoms with Gasteiger partial charge < -0.3 is 33.6 Å². The number of fused-ring (bicyclic) bond motifs is 6. The summed E-state index contributed by atoms with van der Waals surface area (Å²) in [4.78, 5) is 39.7. The zero-order chi connectivity index (χ0) is 28.0. The Morgan fingerprint density at radius 3 is 2.62 bits per heavy atom. The van der Waals surface area contributed by atoms with Crippen LogP contribution in [-0.2, 0) is 39.8 Å².